The number of likely N-dealkylation sites (tertiary alicyclic amines) is 1. The number of nitrogens with zero attached hydrogens (tertiary/aromatic N) is 3. The summed E-state index contributed by atoms with van der Waals surface area (Å²) >= 11 is 0. The Hall–Kier alpha value is -3.28. The van der Waals surface area contributed by atoms with E-state index in [-0.39, 0.29) is 34.8 Å². The van der Waals surface area contributed by atoms with Gasteiger partial charge in [0, 0.05) is 30.7 Å². The molecule has 2 saturated carbocycles. The van der Waals surface area contributed by atoms with E-state index in [9.17, 15) is 9.18 Å². The summed E-state index contributed by atoms with van der Waals surface area (Å²) in [7, 11) is 0. The Morgan fingerprint density at radius 2 is 1.87 bits per heavy atom. The van der Waals surface area contributed by atoms with Gasteiger partial charge >= 0.3 is 0 Å². The highest BCUT2D eigenvalue weighted by atomic mass is 19.1. The van der Waals surface area contributed by atoms with Gasteiger partial charge in [0.2, 0.25) is 0 Å². The molecule has 3 aromatic rings. The molecule has 1 saturated heterocycles. The van der Waals surface area contributed by atoms with Crippen LogP contribution in [0.1, 0.15) is 28.8 Å². The molecule has 1 spiro atoms. The van der Waals surface area contributed by atoms with E-state index in [0.717, 1.165) is 18.7 Å². The predicted octanol–water partition coefficient (Wildman–Crippen LogP) is 4.31. The molecule has 1 aromatic heterocycles. The van der Waals surface area contributed by atoms with Crippen LogP contribution in [-0.2, 0) is 0 Å². The van der Waals surface area contributed by atoms with Crippen LogP contribution in [0.15, 0.2) is 60.9 Å². The summed E-state index contributed by atoms with van der Waals surface area (Å²) in [6.45, 7) is 2.81. The molecule has 6 heteroatoms. The van der Waals surface area contributed by atoms with Crippen LogP contribution in [0.25, 0.3) is 11.4 Å². The molecule has 3 fully saturated rings. The molecule has 0 bridgehead atoms. The second kappa shape index (κ2) is 6.61. The molecule has 2 aliphatic carbocycles. The molecule has 1 aliphatic heterocycles. The van der Waals surface area contributed by atoms with Crippen LogP contribution in [0, 0.1) is 24.1 Å². The number of carbonyl (C=O) groups is 1. The SMILES string of the molecule is Cc1ccc(NC2CC34CC3CN(C(=O)c3cccc(F)c3-c3ncccn3)C24)cc1. The maximum atomic E-state index is 14.8. The van der Waals surface area contributed by atoms with Gasteiger partial charge < -0.3 is 10.2 Å². The average Bonchev–Trinajstić information content (AvgIpc) is 3.43. The molecule has 156 valence electrons. The number of nitrogens with one attached hydrogen (secondary N) is 1. The molecule has 1 N–H and O–H groups in total. The predicted molar refractivity (Wildman–Crippen MR) is 116 cm³/mol. The highest BCUT2D eigenvalue weighted by molar-refractivity contribution is 6.01. The lowest BCUT2D eigenvalue weighted by molar-refractivity contribution is 0.0472. The van der Waals surface area contributed by atoms with Gasteiger partial charge in [-0.3, -0.25) is 4.79 Å². The summed E-state index contributed by atoms with van der Waals surface area (Å²) in [4.78, 5) is 24.0. The zero-order chi connectivity index (χ0) is 21.2. The lowest BCUT2D eigenvalue weighted by Gasteiger charge is -2.48. The van der Waals surface area contributed by atoms with Crippen LogP contribution in [0.4, 0.5) is 10.1 Å². The Balaban J connectivity index is 1.31. The van der Waals surface area contributed by atoms with E-state index >= 15 is 0 Å². The van der Waals surface area contributed by atoms with Crippen molar-refractivity contribution >= 4 is 11.6 Å². The fourth-order valence-electron chi connectivity index (χ4n) is 5.73. The number of benzene rings is 2. The Kier molecular flexibility index (Phi) is 3.94. The van der Waals surface area contributed by atoms with E-state index in [0.29, 0.717) is 11.5 Å². The Morgan fingerprint density at radius 1 is 1.10 bits per heavy atom. The van der Waals surface area contributed by atoms with Crippen LogP contribution in [0.5, 0.6) is 0 Å². The summed E-state index contributed by atoms with van der Waals surface area (Å²) in [5.41, 5.74) is 3.06. The van der Waals surface area contributed by atoms with Crippen LogP contribution in [0.2, 0.25) is 0 Å². The monoisotopic (exact) mass is 414 g/mol. The minimum absolute atomic E-state index is 0.131. The molecular formula is C25H23FN4O. The summed E-state index contributed by atoms with van der Waals surface area (Å²) in [5.74, 6) is 0.196. The number of hydrogen-bond acceptors (Lipinski definition) is 4. The fourth-order valence-corrected chi connectivity index (χ4v) is 5.73. The first-order chi connectivity index (χ1) is 15.1. The molecule has 5 nitrogen and oxygen atoms in total. The highest BCUT2D eigenvalue weighted by Gasteiger charge is 2.75. The van der Waals surface area contributed by atoms with Gasteiger partial charge in [-0.05, 0) is 61.4 Å². The smallest absolute Gasteiger partial charge is 0.255 e. The number of hydrogen-bond donors (Lipinski definition) is 1. The second-order valence-corrected chi connectivity index (χ2v) is 9.09. The van der Waals surface area contributed by atoms with Crippen LogP contribution < -0.4 is 5.32 Å². The number of amides is 1. The Morgan fingerprint density at radius 3 is 2.65 bits per heavy atom. The lowest BCUT2D eigenvalue weighted by Crippen LogP contribution is -2.59. The van der Waals surface area contributed by atoms with E-state index in [4.69, 9.17) is 0 Å². The first-order valence-electron chi connectivity index (χ1n) is 10.8. The van der Waals surface area contributed by atoms with Crippen molar-refractivity contribution in [3.63, 3.8) is 0 Å². The van der Waals surface area contributed by atoms with Crippen LogP contribution in [0.3, 0.4) is 0 Å². The van der Waals surface area contributed by atoms with E-state index in [1.807, 2.05) is 4.90 Å². The van der Waals surface area contributed by atoms with Crippen LogP contribution in [-0.4, -0.2) is 39.4 Å². The molecule has 4 unspecified atom stereocenters. The molecule has 2 heterocycles. The number of anilines is 1. The number of piperidine rings is 1. The van der Waals surface area contributed by atoms with Gasteiger partial charge in [-0.2, -0.15) is 0 Å². The van der Waals surface area contributed by atoms with Crippen molar-refractivity contribution in [1.29, 1.82) is 0 Å². The summed E-state index contributed by atoms with van der Waals surface area (Å²) in [5, 5.41) is 3.63. The van der Waals surface area contributed by atoms with E-state index in [1.165, 1.54) is 18.1 Å². The number of rotatable bonds is 4. The highest BCUT2D eigenvalue weighted by Crippen LogP contribution is 2.71. The van der Waals surface area contributed by atoms with Crippen molar-refractivity contribution in [2.45, 2.75) is 31.8 Å². The van der Waals surface area contributed by atoms with Gasteiger partial charge in [0.15, 0.2) is 5.82 Å². The van der Waals surface area contributed by atoms with E-state index in [2.05, 4.69) is 46.5 Å². The minimum Gasteiger partial charge on any atom is -0.380 e. The first-order valence-corrected chi connectivity index (χ1v) is 10.8. The molecule has 31 heavy (non-hydrogen) atoms. The minimum atomic E-state index is -0.473. The van der Waals surface area contributed by atoms with Gasteiger partial charge in [-0.1, -0.05) is 23.8 Å². The maximum absolute atomic E-state index is 14.8. The van der Waals surface area contributed by atoms with E-state index in [1.54, 1.807) is 30.6 Å². The third kappa shape index (κ3) is 2.77. The summed E-state index contributed by atoms with van der Waals surface area (Å²) < 4.78 is 14.8. The largest absolute Gasteiger partial charge is 0.380 e. The molecule has 6 rings (SSSR count). The summed E-state index contributed by atoms with van der Waals surface area (Å²) in [6.07, 6.45) is 5.40. The van der Waals surface area contributed by atoms with Crippen molar-refractivity contribution in [3.05, 3.63) is 77.9 Å². The average molecular weight is 414 g/mol. The molecule has 2 aromatic carbocycles. The number of aryl methyl sites for hydroxylation is 1. The topological polar surface area (TPSA) is 58.1 Å². The Labute approximate surface area is 180 Å². The van der Waals surface area contributed by atoms with Crippen molar-refractivity contribution in [1.82, 2.24) is 14.9 Å². The normalized spacial score (nSPS) is 27.8. The number of carbonyl (C=O) groups excluding carboxylic acids is 1. The molecule has 0 radical (unpaired) electrons. The lowest BCUT2D eigenvalue weighted by atomic mass is 9.71. The van der Waals surface area contributed by atoms with Gasteiger partial charge in [-0.15, -0.1) is 0 Å². The second-order valence-electron chi connectivity index (χ2n) is 9.09. The van der Waals surface area contributed by atoms with Crippen molar-refractivity contribution in [2.24, 2.45) is 11.3 Å². The maximum Gasteiger partial charge on any atom is 0.255 e. The standard InChI is InChI=1S/C25H23FN4O/c1-15-6-8-17(9-7-15)29-20-13-25-12-16(25)14-30(22(20)25)24(31)18-4-2-5-19(26)21(18)23-27-10-3-11-28-23/h2-11,16,20,22,29H,12-14H2,1H3. The van der Waals surface area contributed by atoms with Gasteiger partial charge in [0.1, 0.15) is 5.82 Å². The zero-order valence-electron chi connectivity index (χ0n) is 17.3. The summed E-state index contributed by atoms with van der Waals surface area (Å²) in [6, 6.07) is 15.0. The van der Waals surface area contributed by atoms with Gasteiger partial charge in [0.25, 0.3) is 5.91 Å². The van der Waals surface area contributed by atoms with Crippen LogP contribution >= 0.6 is 0 Å². The molecule has 4 atom stereocenters. The van der Waals surface area contributed by atoms with Crippen molar-refractivity contribution in [2.75, 3.05) is 11.9 Å². The first kappa shape index (κ1) is 18.5. The molecular weight excluding hydrogens is 391 g/mol. The van der Waals surface area contributed by atoms with Crippen molar-refractivity contribution in [3.8, 4) is 11.4 Å². The van der Waals surface area contributed by atoms with Gasteiger partial charge in [-0.25, -0.2) is 14.4 Å². The number of aromatic nitrogens is 2. The quantitative estimate of drug-likeness (QED) is 0.691. The third-order valence-electron chi connectivity index (χ3n) is 7.30. The molecule has 3 aliphatic rings. The van der Waals surface area contributed by atoms with E-state index < -0.39 is 5.82 Å². The third-order valence-corrected chi connectivity index (χ3v) is 7.30. The van der Waals surface area contributed by atoms with Crippen molar-refractivity contribution < 1.29 is 9.18 Å². The Bertz CT molecular complexity index is 1170. The number of halogens is 1. The molecule has 1 amide bonds. The van der Waals surface area contributed by atoms with Gasteiger partial charge in [0.05, 0.1) is 17.2 Å². The fraction of sp³-hybridized carbons (Fsp3) is 0.320. The zero-order valence-corrected chi connectivity index (χ0v) is 17.3.